The molecule has 168 valence electrons. The quantitative estimate of drug-likeness (QED) is 0.746. The standard InChI is InChI=1S/C20H24F3N5O3/c21-20(22,23)17-9-14(28-13-24-12-25-28)5-6-18(17)26-19(29)27(10-15-3-1-7-30-15)11-16-4-2-8-31-16/h5-6,9,12-13,15-16H,1-4,7-8,10-11H2,(H,26,29)/t15-,16+. The zero-order valence-corrected chi connectivity index (χ0v) is 16.8. The summed E-state index contributed by atoms with van der Waals surface area (Å²) in [6, 6.07) is 3.01. The van der Waals surface area contributed by atoms with Crippen LogP contribution < -0.4 is 5.32 Å². The average Bonchev–Trinajstić information content (AvgIpc) is 3.50. The summed E-state index contributed by atoms with van der Waals surface area (Å²) < 4.78 is 53.7. The molecular weight excluding hydrogens is 415 g/mol. The predicted octanol–water partition coefficient (Wildman–Crippen LogP) is 3.48. The highest BCUT2D eigenvalue weighted by Gasteiger charge is 2.35. The number of carbonyl (C=O) groups excluding carboxylic acids is 1. The molecule has 1 aromatic carbocycles. The lowest BCUT2D eigenvalue weighted by Crippen LogP contribution is -2.44. The van der Waals surface area contributed by atoms with Crippen molar-refractivity contribution in [2.75, 3.05) is 31.6 Å². The Hall–Kier alpha value is -2.66. The second kappa shape index (κ2) is 9.23. The fraction of sp³-hybridized carbons (Fsp3) is 0.550. The van der Waals surface area contributed by atoms with Gasteiger partial charge >= 0.3 is 12.2 Å². The minimum absolute atomic E-state index is 0.121. The number of ether oxygens (including phenoxy) is 2. The lowest BCUT2D eigenvalue weighted by atomic mass is 10.1. The van der Waals surface area contributed by atoms with E-state index in [0.717, 1.165) is 31.7 Å². The largest absolute Gasteiger partial charge is 0.418 e. The summed E-state index contributed by atoms with van der Waals surface area (Å²) in [5.74, 6) is 0. The van der Waals surface area contributed by atoms with Crippen LogP contribution >= 0.6 is 0 Å². The van der Waals surface area contributed by atoms with Gasteiger partial charge < -0.3 is 19.7 Å². The number of anilines is 1. The Morgan fingerprint density at radius 2 is 1.84 bits per heavy atom. The van der Waals surface area contributed by atoms with E-state index in [-0.39, 0.29) is 23.6 Å². The number of alkyl halides is 3. The van der Waals surface area contributed by atoms with Gasteiger partial charge in [-0.2, -0.15) is 18.3 Å². The number of hydrogen-bond acceptors (Lipinski definition) is 5. The van der Waals surface area contributed by atoms with Crippen LogP contribution in [0.4, 0.5) is 23.7 Å². The number of aromatic nitrogens is 3. The molecule has 3 heterocycles. The zero-order valence-electron chi connectivity index (χ0n) is 16.8. The summed E-state index contributed by atoms with van der Waals surface area (Å²) in [6.45, 7) is 1.87. The van der Waals surface area contributed by atoms with E-state index < -0.39 is 17.8 Å². The van der Waals surface area contributed by atoms with Crippen LogP contribution in [0.1, 0.15) is 31.2 Å². The second-order valence-electron chi connectivity index (χ2n) is 7.67. The number of hydrogen-bond donors (Lipinski definition) is 1. The molecular formula is C20H24F3N5O3. The van der Waals surface area contributed by atoms with E-state index in [4.69, 9.17) is 9.47 Å². The van der Waals surface area contributed by atoms with E-state index in [1.165, 1.54) is 34.4 Å². The van der Waals surface area contributed by atoms with Crippen molar-refractivity contribution in [3.63, 3.8) is 0 Å². The van der Waals surface area contributed by atoms with Crippen molar-refractivity contribution in [2.45, 2.75) is 44.1 Å². The third-order valence-corrected chi connectivity index (χ3v) is 5.42. The minimum atomic E-state index is -4.66. The van der Waals surface area contributed by atoms with E-state index in [2.05, 4.69) is 15.4 Å². The molecule has 2 fully saturated rings. The van der Waals surface area contributed by atoms with Crippen LogP contribution in [-0.2, 0) is 15.7 Å². The number of carbonyl (C=O) groups is 1. The van der Waals surface area contributed by atoms with Crippen LogP contribution in [0.2, 0.25) is 0 Å². The van der Waals surface area contributed by atoms with Crippen LogP contribution in [0, 0.1) is 0 Å². The fourth-order valence-electron chi connectivity index (χ4n) is 3.86. The van der Waals surface area contributed by atoms with Crippen LogP contribution in [0.3, 0.4) is 0 Å². The van der Waals surface area contributed by atoms with Gasteiger partial charge in [0.2, 0.25) is 0 Å². The SMILES string of the molecule is O=C(Nc1ccc(-n2cncn2)cc1C(F)(F)F)N(C[C@H]1CCCO1)C[C@@H]1CCCO1. The highest BCUT2D eigenvalue weighted by molar-refractivity contribution is 5.90. The topological polar surface area (TPSA) is 81.5 Å². The molecule has 31 heavy (non-hydrogen) atoms. The molecule has 2 atom stereocenters. The van der Waals surface area contributed by atoms with Gasteiger partial charge in [-0.1, -0.05) is 0 Å². The van der Waals surface area contributed by atoms with E-state index in [0.29, 0.717) is 26.3 Å². The maximum atomic E-state index is 13.7. The van der Waals surface area contributed by atoms with Crippen molar-refractivity contribution in [3.8, 4) is 5.69 Å². The van der Waals surface area contributed by atoms with Crippen LogP contribution in [-0.4, -0.2) is 64.2 Å². The fourth-order valence-corrected chi connectivity index (χ4v) is 3.86. The highest BCUT2D eigenvalue weighted by atomic mass is 19.4. The molecule has 0 radical (unpaired) electrons. The first-order chi connectivity index (χ1) is 14.9. The predicted molar refractivity (Wildman–Crippen MR) is 105 cm³/mol. The van der Waals surface area contributed by atoms with Crippen molar-refractivity contribution >= 4 is 11.7 Å². The van der Waals surface area contributed by atoms with Gasteiger partial charge in [0.05, 0.1) is 29.1 Å². The Balaban J connectivity index is 1.54. The van der Waals surface area contributed by atoms with Gasteiger partial charge in [-0.3, -0.25) is 0 Å². The van der Waals surface area contributed by atoms with Crippen molar-refractivity contribution in [1.82, 2.24) is 19.7 Å². The highest BCUT2D eigenvalue weighted by Crippen LogP contribution is 2.36. The first-order valence-electron chi connectivity index (χ1n) is 10.3. The molecule has 2 aliphatic rings. The normalized spacial score (nSPS) is 21.4. The van der Waals surface area contributed by atoms with Gasteiger partial charge in [-0.25, -0.2) is 14.5 Å². The van der Waals surface area contributed by atoms with Crippen LogP contribution in [0.15, 0.2) is 30.9 Å². The lowest BCUT2D eigenvalue weighted by molar-refractivity contribution is -0.136. The summed E-state index contributed by atoms with van der Waals surface area (Å²) in [4.78, 5) is 18.2. The van der Waals surface area contributed by atoms with Gasteiger partial charge in [0.25, 0.3) is 0 Å². The van der Waals surface area contributed by atoms with E-state index in [9.17, 15) is 18.0 Å². The first-order valence-corrected chi connectivity index (χ1v) is 10.3. The molecule has 2 aromatic rings. The number of nitrogens with one attached hydrogen (secondary N) is 1. The average molecular weight is 439 g/mol. The molecule has 0 unspecified atom stereocenters. The van der Waals surface area contributed by atoms with Crippen molar-refractivity contribution < 1.29 is 27.4 Å². The molecule has 8 nitrogen and oxygen atoms in total. The molecule has 2 aliphatic heterocycles. The summed E-state index contributed by atoms with van der Waals surface area (Å²) in [5.41, 5.74) is -1.08. The number of benzene rings is 1. The Morgan fingerprint density at radius 1 is 1.16 bits per heavy atom. The van der Waals surface area contributed by atoms with Crippen molar-refractivity contribution in [3.05, 3.63) is 36.4 Å². The van der Waals surface area contributed by atoms with Crippen LogP contribution in [0.25, 0.3) is 5.69 Å². The smallest absolute Gasteiger partial charge is 0.376 e. The lowest BCUT2D eigenvalue weighted by Gasteiger charge is -2.28. The molecule has 1 N–H and O–H groups in total. The van der Waals surface area contributed by atoms with E-state index in [1.54, 1.807) is 0 Å². The van der Waals surface area contributed by atoms with E-state index in [1.807, 2.05) is 0 Å². The molecule has 0 spiro atoms. The van der Waals surface area contributed by atoms with Gasteiger partial charge in [0.1, 0.15) is 12.7 Å². The molecule has 2 amide bonds. The third kappa shape index (κ3) is 5.34. The van der Waals surface area contributed by atoms with Gasteiger partial charge in [0.15, 0.2) is 0 Å². The Bertz CT molecular complexity index is 861. The number of halogens is 3. The zero-order chi connectivity index (χ0) is 21.8. The van der Waals surface area contributed by atoms with E-state index >= 15 is 0 Å². The third-order valence-electron chi connectivity index (χ3n) is 5.42. The molecule has 1 aromatic heterocycles. The Kier molecular flexibility index (Phi) is 6.42. The number of nitrogens with zero attached hydrogens (tertiary/aromatic N) is 4. The minimum Gasteiger partial charge on any atom is -0.376 e. The second-order valence-corrected chi connectivity index (χ2v) is 7.67. The number of rotatable bonds is 6. The Labute approximate surface area is 177 Å². The monoisotopic (exact) mass is 439 g/mol. The summed E-state index contributed by atoms with van der Waals surface area (Å²) in [7, 11) is 0. The van der Waals surface area contributed by atoms with Crippen molar-refractivity contribution in [1.29, 1.82) is 0 Å². The Morgan fingerprint density at radius 3 is 2.35 bits per heavy atom. The van der Waals surface area contributed by atoms with Gasteiger partial charge in [-0.05, 0) is 43.9 Å². The summed E-state index contributed by atoms with van der Waals surface area (Å²) >= 11 is 0. The number of amides is 2. The maximum absolute atomic E-state index is 13.7. The van der Waals surface area contributed by atoms with Gasteiger partial charge in [0, 0.05) is 26.3 Å². The molecule has 2 saturated heterocycles. The maximum Gasteiger partial charge on any atom is 0.418 e. The molecule has 4 rings (SSSR count). The van der Waals surface area contributed by atoms with Crippen LogP contribution in [0.5, 0.6) is 0 Å². The molecule has 11 heteroatoms. The molecule has 0 bridgehead atoms. The molecule has 0 saturated carbocycles. The summed E-state index contributed by atoms with van der Waals surface area (Å²) in [5, 5.41) is 6.31. The van der Waals surface area contributed by atoms with Crippen molar-refractivity contribution in [2.24, 2.45) is 0 Å². The molecule has 0 aliphatic carbocycles. The number of urea groups is 1. The van der Waals surface area contributed by atoms with Gasteiger partial charge in [-0.15, -0.1) is 0 Å². The first kappa shape index (κ1) is 21.6. The summed E-state index contributed by atoms with van der Waals surface area (Å²) in [6.07, 6.45) is 1.08.